The Morgan fingerprint density at radius 3 is 2.05 bits per heavy atom. The summed E-state index contributed by atoms with van der Waals surface area (Å²) in [5.74, 6) is 0.597. The van der Waals surface area contributed by atoms with Crippen molar-refractivity contribution in [2.45, 2.75) is 46.2 Å². The molecule has 0 saturated carbocycles. The van der Waals surface area contributed by atoms with Gasteiger partial charge < -0.3 is 5.32 Å². The summed E-state index contributed by atoms with van der Waals surface area (Å²) >= 11 is 0. The topological polar surface area (TPSA) is 12.0 Å². The van der Waals surface area contributed by atoms with E-state index >= 15 is 0 Å². The number of rotatable bonds is 5. The van der Waals surface area contributed by atoms with Crippen LogP contribution in [0.5, 0.6) is 0 Å². The van der Waals surface area contributed by atoms with Gasteiger partial charge in [0.15, 0.2) is 0 Å². The van der Waals surface area contributed by atoms with Crippen LogP contribution in [0.3, 0.4) is 0 Å². The molecule has 0 amide bonds. The van der Waals surface area contributed by atoms with Gasteiger partial charge in [0.05, 0.1) is 0 Å². The molecule has 0 aliphatic heterocycles. The number of hydrogen-bond acceptors (Lipinski definition) is 1. The molecule has 20 heavy (non-hydrogen) atoms. The molecule has 0 heterocycles. The average Bonchev–Trinajstić information content (AvgIpc) is 2.46. The highest BCUT2D eigenvalue weighted by molar-refractivity contribution is 5.28. The molecule has 1 N–H and O–H groups in total. The molecular weight excluding hydrogens is 242 g/mol. The van der Waals surface area contributed by atoms with Crippen LogP contribution < -0.4 is 5.32 Å². The highest BCUT2D eigenvalue weighted by Crippen LogP contribution is 2.19. The van der Waals surface area contributed by atoms with Gasteiger partial charge in [-0.2, -0.15) is 0 Å². The van der Waals surface area contributed by atoms with Crippen LogP contribution in [0.4, 0.5) is 0 Å². The van der Waals surface area contributed by atoms with Gasteiger partial charge in [0.1, 0.15) is 0 Å². The Bertz CT molecular complexity index is 540. The fraction of sp³-hybridized carbons (Fsp3) is 0.368. The van der Waals surface area contributed by atoms with E-state index in [1.165, 1.54) is 22.3 Å². The third-order valence-electron chi connectivity index (χ3n) is 3.96. The molecule has 0 aromatic heterocycles. The van der Waals surface area contributed by atoms with E-state index in [9.17, 15) is 0 Å². The Labute approximate surface area is 123 Å². The number of benzene rings is 2. The third-order valence-corrected chi connectivity index (χ3v) is 3.96. The lowest BCUT2D eigenvalue weighted by atomic mass is 9.99. The smallest absolute Gasteiger partial charge is 0.0294 e. The van der Waals surface area contributed by atoms with Crippen molar-refractivity contribution in [3.63, 3.8) is 0 Å². The fourth-order valence-electron chi connectivity index (χ4n) is 2.36. The zero-order valence-corrected chi connectivity index (χ0v) is 13.0. The number of aryl methyl sites for hydroxylation is 1. The maximum absolute atomic E-state index is 3.60. The van der Waals surface area contributed by atoms with Crippen LogP contribution in [0.15, 0.2) is 48.5 Å². The van der Waals surface area contributed by atoms with Crippen molar-refractivity contribution in [2.75, 3.05) is 0 Å². The molecule has 0 bridgehead atoms. The van der Waals surface area contributed by atoms with Gasteiger partial charge in [-0.25, -0.2) is 0 Å². The molecule has 2 rings (SSSR count). The van der Waals surface area contributed by atoms with E-state index in [-0.39, 0.29) is 0 Å². The van der Waals surface area contributed by atoms with E-state index in [2.05, 4.69) is 81.5 Å². The predicted octanol–water partition coefficient (Wildman–Crippen LogP) is 4.97. The lowest BCUT2D eigenvalue weighted by Crippen LogP contribution is -2.18. The Balaban J connectivity index is 1.98. The maximum Gasteiger partial charge on any atom is 0.0294 e. The second kappa shape index (κ2) is 6.71. The quantitative estimate of drug-likeness (QED) is 0.806. The first-order chi connectivity index (χ1) is 9.58. The van der Waals surface area contributed by atoms with E-state index in [0.717, 1.165) is 6.54 Å². The van der Waals surface area contributed by atoms with Crippen molar-refractivity contribution >= 4 is 0 Å². The van der Waals surface area contributed by atoms with Crippen LogP contribution in [0.2, 0.25) is 0 Å². The summed E-state index contributed by atoms with van der Waals surface area (Å²) in [6.07, 6.45) is 0. The van der Waals surface area contributed by atoms with Gasteiger partial charge in [-0.1, -0.05) is 62.4 Å². The first-order valence-electron chi connectivity index (χ1n) is 7.45. The summed E-state index contributed by atoms with van der Waals surface area (Å²) in [5.41, 5.74) is 5.48. The minimum absolute atomic E-state index is 0.371. The number of nitrogens with one attached hydrogen (secondary N) is 1. The molecule has 1 heteroatoms. The monoisotopic (exact) mass is 267 g/mol. The van der Waals surface area contributed by atoms with Crippen LogP contribution in [0.1, 0.15) is 55.0 Å². The zero-order chi connectivity index (χ0) is 14.5. The van der Waals surface area contributed by atoms with Crippen LogP contribution in [0.25, 0.3) is 0 Å². The molecule has 106 valence electrons. The van der Waals surface area contributed by atoms with Crippen molar-refractivity contribution in [3.05, 3.63) is 70.8 Å². The average molecular weight is 267 g/mol. The van der Waals surface area contributed by atoms with Crippen LogP contribution in [0, 0.1) is 6.92 Å². The molecular formula is C19H25N. The van der Waals surface area contributed by atoms with Gasteiger partial charge in [0.2, 0.25) is 0 Å². The van der Waals surface area contributed by atoms with Crippen LogP contribution >= 0.6 is 0 Å². The molecule has 1 atom stereocenters. The molecule has 2 aromatic rings. The number of hydrogen-bond donors (Lipinski definition) is 1. The van der Waals surface area contributed by atoms with E-state index in [1.807, 2.05) is 0 Å². The normalized spacial score (nSPS) is 12.7. The maximum atomic E-state index is 3.60. The molecule has 0 aliphatic rings. The Morgan fingerprint density at radius 2 is 1.45 bits per heavy atom. The SMILES string of the molecule is Cc1ccccc1CNC(C)c1ccc(C(C)C)cc1. The summed E-state index contributed by atoms with van der Waals surface area (Å²) in [4.78, 5) is 0. The van der Waals surface area contributed by atoms with Crippen molar-refractivity contribution in [1.29, 1.82) is 0 Å². The summed E-state index contributed by atoms with van der Waals surface area (Å²) in [6, 6.07) is 17.9. The van der Waals surface area contributed by atoms with E-state index in [1.54, 1.807) is 0 Å². The molecule has 0 radical (unpaired) electrons. The Kier molecular flexibility index (Phi) is 4.97. The largest absolute Gasteiger partial charge is 0.306 e. The minimum atomic E-state index is 0.371. The second-order valence-electron chi connectivity index (χ2n) is 5.85. The van der Waals surface area contributed by atoms with Gasteiger partial charge >= 0.3 is 0 Å². The van der Waals surface area contributed by atoms with Gasteiger partial charge in [-0.05, 0) is 42.0 Å². The molecule has 0 spiro atoms. The van der Waals surface area contributed by atoms with Crippen molar-refractivity contribution in [2.24, 2.45) is 0 Å². The summed E-state index contributed by atoms with van der Waals surface area (Å²) < 4.78 is 0. The zero-order valence-electron chi connectivity index (χ0n) is 13.0. The standard InChI is InChI=1S/C19H25N/c1-14(2)17-9-11-18(12-10-17)16(4)20-13-19-8-6-5-7-15(19)3/h5-12,14,16,20H,13H2,1-4H3. The van der Waals surface area contributed by atoms with E-state index < -0.39 is 0 Å². The highest BCUT2D eigenvalue weighted by Gasteiger charge is 2.06. The van der Waals surface area contributed by atoms with Crippen LogP contribution in [-0.2, 0) is 6.54 Å². The fourth-order valence-corrected chi connectivity index (χ4v) is 2.36. The lowest BCUT2D eigenvalue weighted by molar-refractivity contribution is 0.573. The van der Waals surface area contributed by atoms with Gasteiger partial charge in [-0.15, -0.1) is 0 Å². The summed E-state index contributed by atoms with van der Waals surface area (Å²) in [6.45, 7) is 9.77. The van der Waals surface area contributed by atoms with E-state index in [0.29, 0.717) is 12.0 Å². The Hall–Kier alpha value is -1.60. The molecule has 0 aliphatic carbocycles. The third kappa shape index (κ3) is 3.71. The highest BCUT2D eigenvalue weighted by atomic mass is 14.9. The first-order valence-corrected chi connectivity index (χ1v) is 7.45. The molecule has 0 saturated heterocycles. The van der Waals surface area contributed by atoms with Crippen molar-refractivity contribution in [1.82, 2.24) is 5.32 Å². The predicted molar refractivity (Wildman–Crippen MR) is 87.0 cm³/mol. The van der Waals surface area contributed by atoms with Gasteiger partial charge in [0.25, 0.3) is 0 Å². The summed E-state index contributed by atoms with van der Waals surface area (Å²) in [7, 11) is 0. The van der Waals surface area contributed by atoms with Crippen molar-refractivity contribution in [3.8, 4) is 0 Å². The second-order valence-corrected chi connectivity index (χ2v) is 5.85. The lowest BCUT2D eigenvalue weighted by Gasteiger charge is -2.16. The first kappa shape index (κ1) is 14.8. The minimum Gasteiger partial charge on any atom is -0.306 e. The molecule has 2 aromatic carbocycles. The summed E-state index contributed by atoms with van der Waals surface area (Å²) in [5, 5.41) is 3.60. The Morgan fingerprint density at radius 1 is 0.850 bits per heavy atom. The van der Waals surface area contributed by atoms with Gasteiger partial charge in [0, 0.05) is 12.6 Å². The van der Waals surface area contributed by atoms with E-state index in [4.69, 9.17) is 0 Å². The molecule has 0 fully saturated rings. The molecule has 1 unspecified atom stereocenters. The molecule has 1 nitrogen and oxygen atoms in total. The van der Waals surface area contributed by atoms with Crippen molar-refractivity contribution < 1.29 is 0 Å². The van der Waals surface area contributed by atoms with Gasteiger partial charge in [-0.3, -0.25) is 0 Å². The van der Waals surface area contributed by atoms with Crippen LogP contribution in [-0.4, -0.2) is 0 Å².